The van der Waals surface area contributed by atoms with E-state index in [0.29, 0.717) is 51.4 Å². The van der Waals surface area contributed by atoms with Crippen LogP contribution in [0, 0.1) is 0 Å². The molecule has 66 heavy (non-hydrogen) atoms. The molecule has 4 aliphatic heterocycles. The molecular formula is C50H82N4O12. The van der Waals surface area contributed by atoms with Crippen molar-refractivity contribution >= 4 is 23.9 Å². The van der Waals surface area contributed by atoms with Crippen molar-refractivity contribution < 1.29 is 57.5 Å². The first kappa shape index (κ1) is 53.7. The summed E-state index contributed by atoms with van der Waals surface area (Å²) >= 11 is 0. The third-order valence-corrected chi connectivity index (χ3v) is 14.1. The van der Waals surface area contributed by atoms with Crippen molar-refractivity contribution in [1.82, 2.24) is 20.3 Å². The van der Waals surface area contributed by atoms with Crippen LogP contribution in [0.25, 0.3) is 0 Å². The Bertz CT molecular complexity index is 1840. The van der Waals surface area contributed by atoms with Crippen LogP contribution in [0.2, 0.25) is 0 Å². The molecule has 0 amide bonds. The lowest BCUT2D eigenvalue weighted by atomic mass is 9.80. The summed E-state index contributed by atoms with van der Waals surface area (Å²) < 4.78 is 25.3. The van der Waals surface area contributed by atoms with Crippen LogP contribution in [0.15, 0.2) is 12.1 Å². The van der Waals surface area contributed by atoms with E-state index in [-0.39, 0.29) is 22.3 Å². The van der Waals surface area contributed by atoms with Gasteiger partial charge in [0, 0.05) is 95.7 Å². The maximum absolute atomic E-state index is 15.0. The summed E-state index contributed by atoms with van der Waals surface area (Å²) in [5.41, 5.74) is -5.43. The average molecular weight is 931 g/mol. The van der Waals surface area contributed by atoms with Gasteiger partial charge in [0.2, 0.25) is 0 Å². The number of piperidine rings is 4. The van der Waals surface area contributed by atoms with Gasteiger partial charge in [-0.2, -0.15) is 20.3 Å². The molecule has 1 aromatic carbocycles. The van der Waals surface area contributed by atoms with Crippen LogP contribution < -0.4 is 0 Å². The number of hydroxylamine groups is 8. The van der Waals surface area contributed by atoms with Gasteiger partial charge in [0.15, 0.2) is 0 Å². The van der Waals surface area contributed by atoms with Crippen molar-refractivity contribution in [2.24, 2.45) is 0 Å². The lowest BCUT2D eigenvalue weighted by molar-refractivity contribution is -0.276. The number of carbonyl (C=O) groups is 4. The molecule has 0 bridgehead atoms. The fourth-order valence-electron chi connectivity index (χ4n) is 13.2. The van der Waals surface area contributed by atoms with E-state index in [4.69, 9.17) is 38.3 Å². The molecule has 4 aliphatic rings. The lowest BCUT2D eigenvalue weighted by Crippen LogP contribution is -2.61. The maximum Gasteiger partial charge on any atom is 0.340 e. The van der Waals surface area contributed by atoms with Gasteiger partial charge < -0.3 is 38.3 Å². The highest BCUT2D eigenvalue weighted by Gasteiger charge is 2.52. The number of hydrogen-bond donors (Lipinski definition) is 0. The number of rotatable bonds is 12. The first-order valence-electron chi connectivity index (χ1n) is 23.5. The SMILES string of the molecule is CON1C(C)(C)CC(OC(=O)c2cc(C(=O)OC3CC(C)(C)N(OC)C(C)(C)C3)c(C(=O)OC3CC(C)(C)N(OC)C(C)(C)C3)c(C(=O)OC3CC(C)(C)N(OC)C(C)(C)C3)c2)CC1(C)C. The Morgan fingerprint density at radius 2 is 0.561 bits per heavy atom. The Morgan fingerprint density at radius 1 is 0.364 bits per heavy atom. The molecule has 4 fully saturated rings. The minimum atomic E-state index is -0.920. The zero-order chi connectivity index (χ0) is 50.0. The maximum atomic E-state index is 15.0. The number of ether oxygens (including phenoxy) is 4. The Kier molecular flexibility index (Phi) is 15.1. The van der Waals surface area contributed by atoms with E-state index in [1.54, 1.807) is 28.4 Å². The first-order chi connectivity index (χ1) is 30.1. The van der Waals surface area contributed by atoms with Gasteiger partial charge in [-0.1, -0.05) is 0 Å². The van der Waals surface area contributed by atoms with Crippen molar-refractivity contribution in [2.75, 3.05) is 28.4 Å². The smallest absolute Gasteiger partial charge is 0.340 e. The van der Waals surface area contributed by atoms with Gasteiger partial charge in [0.25, 0.3) is 0 Å². The van der Waals surface area contributed by atoms with E-state index in [1.165, 1.54) is 12.1 Å². The molecule has 0 unspecified atom stereocenters. The van der Waals surface area contributed by atoms with Crippen LogP contribution in [0.4, 0.5) is 0 Å². The quantitative estimate of drug-likeness (QED) is 0.145. The molecule has 0 aliphatic carbocycles. The Morgan fingerprint density at radius 3 is 0.773 bits per heavy atom. The van der Waals surface area contributed by atoms with E-state index >= 15 is 4.79 Å². The van der Waals surface area contributed by atoms with Crippen LogP contribution in [0.1, 0.15) is 204 Å². The summed E-state index contributed by atoms with van der Waals surface area (Å²) in [5, 5.41) is 7.60. The fourth-order valence-corrected chi connectivity index (χ4v) is 13.2. The van der Waals surface area contributed by atoms with Gasteiger partial charge in [0.05, 0.1) is 50.7 Å². The van der Waals surface area contributed by atoms with Gasteiger partial charge in [0.1, 0.15) is 24.4 Å². The summed E-state index contributed by atoms with van der Waals surface area (Å²) in [7, 11) is 6.48. The van der Waals surface area contributed by atoms with Gasteiger partial charge in [-0.25, -0.2) is 19.2 Å². The minimum absolute atomic E-state index is 0.115. The normalized spacial score (nSPS) is 25.8. The molecule has 5 rings (SSSR count). The molecule has 0 aromatic heterocycles. The van der Waals surface area contributed by atoms with E-state index < -0.39 is 92.6 Å². The van der Waals surface area contributed by atoms with E-state index in [9.17, 15) is 14.4 Å². The van der Waals surface area contributed by atoms with Crippen molar-refractivity contribution in [3.63, 3.8) is 0 Å². The monoisotopic (exact) mass is 931 g/mol. The second kappa shape index (κ2) is 18.6. The van der Waals surface area contributed by atoms with E-state index in [2.05, 4.69) is 0 Å². The molecule has 0 saturated carbocycles. The molecule has 374 valence electrons. The summed E-state index contributed by atoms with van der Waals surface area (Å²) in [5.74, 6) is -3.48. The highest BCUT2D eigenvalue weighted by molar-refractivity contribution is 6.12. The Labute approximate surface area is 394 Å². The molecule has 0 atom stereocenters. The van der Waals surface area contributed by atoms with Crippen LogP contribution >= 0.6 is 0 Å². The van der Waals surface area contributed by atoms with Crippen molar-refractivity contribution in [2.45, 2.75) is 231 Å². The van der Waals surface area contributed by atoms with Crippen LogP contribution in [-0.2, 0) is 38.3 Å². The average Bonchev–Trinajstić information content (AvgIpc) is 3.10. The van der Waals surface area contributed by atoms with Gasteiger partial charge in [-0.3, -0.25) is 0 Å². The molecule has 0 radical (unpaired) electrons. The van der Waals surface area contributed by atoms with Crippen LogP contribution in [0.3, 0.4) is 0 Å². The largest absolute Gasteiger partial charge is 0.459 e. The summed E-state index contributed by atoms with van der Waals surface area (Å²) in [4.78, 5) is 82.7. The molecule has 16 nitrogen and oxygen atoms in total. The highest BCUT2D eigenvalue weighted by atomic mass is 16.7. The summed E-state index contributed by atoms with van der Waals surface area (Å²) in [6.07, 6.45) is 0.779. The number of hydrogen-bond acceptors (Lipinski definition) is 16. The highest BCUT2D eigenvalue weighted by Crippen LogP contribution is 2.44. The zero-order valence-electron chi connectivity index (χ0n) is 43.8. The van der Waals surface area contributed by atoms with E-state index in [0.717, 1.165) is 0 Å². The molecule has 0 spiro atoms. The number of nitrogens with zero attached hydrogens (tertiary/aromatic N) is 4. The number of benzene rings is 1. The molecule has 0 N–H and O–H groups in total. The van der Waals surface area contributed by atoms with Gasteiger partial charge >= 0.3 is 23.9 Å². The third kappa shape index (κ3) is 11.0. The lowest BCUT2D eigenvalue weighted by Gasteiger charge is -2.53. The minimum Gasteiger partial charge on any atom is -0.459 e. The van der Waals surface area contributed by atoms with Crippen molar-refractivity contribution in [1.29, 1.82) is 0 Å². The fraction of sp³-hybridized carbons (Fsp3) is 0.800. The standard InChI is InChI=1S/C50H82N4O12/c1-43(2)23-32(24-44(3,4)51(43)59-17)63-39(55)31-21-36(40(56)64-33-25-45(5,6)52(60-18)46(7,8)26-33)38(42(58)66-35-29-49(13,14)54(62-20)50(15,16)30-35)37(22-31)41(57)65-34-27-47(9,10)53(61-19)48(11,12)28-34/h21-22,32-35H,23-30H2,1-20H3. The van der Waals surface area contributed by atoms with Crippen LogP contribution in [0.5, 0.6) is 0 Å². The second-order valence-electron chi connectivity index (χ2n) is 24.1. The first-order valence-corrected chi connectivity index (χ1v) is 23.5. The molecule has 4 heterocycles. The molecule has 4 saturated heterocycles. The zero-order valence-corrected chi connectivity index (χ0v) is 43.8. The number of esters is 4. The van der Waals surface area contributed by atoms with Gasteiger partial charge in [-0.15, -0.1) is 0 Å². The summed E-state index contributed by atoms with van der Waals surface area (Å²) in [6.45, 7) is 32.1. The van der Waals surface area contributed by atoms with Gasteiger partial charge in [-0.05, 0) is 123 Å². The number of carbonyl (C=O) groups excluding carboxylic acids is 4. The Balaban J connectivity index is 1.65. The molecule has 16 heteroatoms. The predicted molar refractivity (Wildman–Crippen MR) is 248 cm³/mol. The Hall–Kier alpha value is -3.22. The third-order valence-electron chi connectivity index (χ3n) is 14.1. The second-order valence-corrected chi connectivity index (χ2v) is 24.1. The van der Waals surface area contributed by atoms with Crippen molar-refractivity contribution in [3.8, 4) is 0 Å². The van der Waals surface area contributed by atoms with E-state index in [1.807, 2.05) is 131 Å². The topological polar surface area (TPSA) is 155 Å². The summed E-state index contributed by atoms with van der Waals surface area (Å²) in [6, 6.07) is 2.59. The molecular weight excluding hydrogens is 849 g/mol. The predicted octanol–water partition coefficient (Wildman–Crippen LogP) is 8.65. The molecule has 1 aromatic rings. The van der Waals surface area contributed by atoms with Crippen molar-refractivity contribution in [3.05, 3.63) is 34.4 Å². The van der Waals surface area contributed by atoms with Crippen LogP contribution in [-0.4, -0.2) is 141 Å².